The maximum Gasteiger partial charge on any atom is 0.258 e. The average Bonchev–Trinajstić information content (AvgIpc) is 2.57. The highest BCUT2D eigenvalue weighted by atomic mass is 35.5. The van der Waals surface area contributed by atoms with E-state index < -0.39 is 12.0 Å². The van der Waals surface area contributed by atoms with Gasteiger partial charge in [-0.15, -0.1) is 0 Å². The number of carbonyl (C=O) groups is 1. The van der Waals surface area contributed by atoms with E-state index in [1.165, 1.54) is 0 Å². The van der Waals surface area contributed by atoms with Crippen LogP contribution in [-0.2, 0) is 11.2 Å². The molecule has 146 valence electrons. The highest BCUT2D eigenvalue weighted by Gasteiger charge is 2.17. The summed E-state index contributed by atoms with van der Waals surface area (Å²) in [4.78, 5) is 11.3. The van der Waals surface area contributed by atoms with Gasteiger partial charge in [-0.3, -0.25) is 4.79 Å². The molecular formula is C22H28ClNO3. The zero-order valence-electron chi connectivity index (χ0n) is 16.5. The monoisotopic (exact) mass is 389 g/mol. The number of ether oxygens (including phenoxy) is 1. The van der Waals surface area contributed by atoms with Gasteiger partial charge in [0, 0.05) is 5.02 Å². The van der Waals surface area contributed by atoms with Crippen molar-refractivity contribution in [3.05, 3.63) is 57.6 Å². The fourth-order valence-electron chi connectivity index (χ4n) is 3.04. The quantitative estimate of drug-likeness (QED) is 0.688. The van der Waals surface area contributed by atoms with Crippen LogP contribution in [-0.4, -0.2) is 17.1 Å². The lowest BCUT2D eigenvalue weighted by Gasteiger charge is -2.19. The molecule has 3 N–H and O–H groups in total. The maximum absolute atomic E-state index is 11.3. The number of hydrogen-bond donors (Lipinski definition) is 2. The lowest BCUT2D eigenvalue weighted by Crippen LogP contribution is -2.30. The number of phenolic OH excluding ortho intramolecular Hbond substituents is 1. The van der Waals surface area contributed by atoms with E-state index in [9.17, 15) is 9.90 Å². The van der Waals surface area contributed by atoms with Crippen molar-refractivity contribution in [2.75, 3.05) is 0 Å². The molecule has 0 saturated heterocycles. The van der Waals surface area contributed by atoms with Crippen LogP contribution in [0.2, 0.25) is 5.02 Å². The molecule has 4 nitrogen and oxygen atoms in total. The van der Waals surface area contributed by atoms with E-state index in [4.69, 9.17) is 22.1 Å². The molecule has 0 fully saturated rings. The number of rotatable bonds is 7. The molecule has 2 rings (SSSR count). The first-order chi connectivity index (χ1) is 12.6. The van der Waals surface area contributed by atoms with E-state index in [0.717, 1.165) is 22.3 Å². The standard InChI is InChI=1S/C22H28ClNO3/c1-12(2)17-10-16(27-14(5)22(24)26)11-20(23)19(17)9-15-6-7-21(25)18(8-15)13(3)4/h6-8,10-14,25H,9H2,1-5H3,(H2,24,26). The number of carbonyl (C=O) groups excluding carboxylic acids is 1. The van der Waals surface area contributed by atoms with E-state index in [1.54, 1.807) is 19.1 Å². The Bertz CT molecular complexity index is 831. The maximum atomic E-state index is 11.3. The smallest absolute Gasteiger partial charge is 0.258 e. The zero-order chi connectivity index (χ0) is 20.3. The Morgan fingerprint density at radius 1 is 1.07 bits per heavy atom. The van der Waals surface area contributed by atoms with Crippen molar-refractivity contribution in [1.29, 1.82) is 0 Å². The van der Waals surface area contributed by atoms with E-state index >= 15 is 0 Å². The van der Waals surface area contributed by atoms with Crippen LogP contribution in [0.25, 0.3) is 0 Å². The fraction of sp³-hybridized carbons (Fsp3) is 0.409. The molecule has 0 bridgehead atoms. The largest absolute Gasteiger partial charge is 0.508 e. The summed E-state index contributed by atoms with van der Waals surface area (Å²) in [6, 6.07) is 9.34. The van der Waals surface area contributed by atoms with Gasteiger partial charge in [0.05, 0.1) is 0 Å². The number of benzene rings is 2. The van der Waals surface area contributed by atoms with Gasteiger partial charge in [0.2, 0.25) is 0 Å². The summed E-state index contributed by atoms with van der Waals surface area (Å²) in [6.45, 7) is 9.90. The first-order valence-corrected chi connectivity index (χ1v) is 9.58. The molecule has 0 aromatic heterocycles. The Morgan fingerprint density at radius 3 is 2.26 bits per heavy atom. The van der Waals surface area contributed by atoms with Crippen LogP contribution in [0.5, 0.6) is 11.5 Å². The van der Waals surface area contributed by atoms with Crippen LogP contribution in [0.4, 0.5) is 0 Å². The van der Waals surface area contributed by atoms with Crippen LogP contribution in [0.1, 0.15) is 68.7 Å². The van der Waals surface area contributed by atoms with E-state index in [0.29, 0.717) is 22.9 Å². The molecule has 0 heterocycles. The number of hydrogen-bond acceptors (Lipinski definition) is 3. The summed E-state index contributed by atoms with van der Waals surface area (Å²) < 4.78 is 5.63. The van der Waals surface area contributed by atoms with Crippen LogP contribution in [0, 0.1) is 0 Å². The molecule has 0 aliphatic heterocycles. The van der Waals surface area contributed by atoms with Gasteiger partial charge in [-0.25, -0.2) is 0 Å². The van der Waals surface area contributed by atoms with Crippen molar-refractivity contribution in [3.63, 3.8) is 0 Å². The summed E-state index contributed by atoms with van der Waals surface area (Å²) >= 11 is 6.58. The minimum atomic E-state index is -0.724. The second-order valence-corrected chi connectivity index (χ2v) is 7.92. The Hall–Kier alpha value is -2.20. The number of phenols is 1. The van der Waals surface area contributed by atoms with Gasteiger partial charge in [-0.2, -0.15) is 0 Å². The zero-order valence-corrected chi connectivity index (χ0v) is 17.3. The molecule has 1 amide bonds. The van der Waals surface area contributed by atoms with E-state index in [-0.39, 0.29) is 11.8 Å². The molecule has 1 unspecified atom stereocenters. The van der Waals surface area contributed by atoms with Gasteiger partial charge in [-0.1, -0.05) is 51.4 Å². The first-order valence-electron chi connectivity index (χ1n) is 9.20. The average molecular weight is 390 g/mol. The third kappa shape index (κ3) is 5.16. The molecule has 1 atom stereocenters. The number of amides is 1. The summed E-state index contributed by atoms with van der Waals surface area (Å²) in [6.07, 6.45) is -0.0736. The second-order valence-electron chi connectivity index (χ2n) is 7.51. The van der Waals surface area contributed by atoms with Gasteiger partial charge >= 0.3 is 0 Å². The van der Waals surface area contributed by atoms with Gasteiger partial charge in [0.25, 0.3) is 5.91 Å². The SMILES string of the molecule is CC(Oc1cc(Cl)c(Cc2ccc(O)c(C(C)C)c2)c(C(C)C)c1)C(N)=O. The molecule has 0 saturated carbocycles. The highest BCUT2D eigenvalue weighted by molar-refractivity contribution is 6.31. The molecule has 27 heavy (non-hydrogen) atoms. The van der Waals surface area contributed by atoms with Crippen molar-refractivity contribution in [1.82, 2.24) is 0 Å². The number of halogens is 1. The van der Waals surface area contributed by atoms with Gasteiger partial charge in [0.1, 0.15) is 11.5 Å². The third-order valence-corrected chi connectivity index (χ3v) is 4.97. The minimum absolute atomic E-state index is 0.228. The molecule has 5 heteroatoms. The predicted molar refractivity (Wildman–Crippen MR) is 110 cm³/mol. The Labute approximate surface area is 166 Å². The number of nitrogens with two attached hydrogens (primary N) is 1. The predicted octanol–water partition coefficient (Wildman–Crippen LogP) is 5.14. The normalized spacial score (nSPS) is 12.4. The fourth-order valence-corrected chi connectivity index (χ4v) is 3.33. The minimum Gasteiger partial charge on any atom is -0.508 e. The molecule has 0 aliphatic rings. The lowest BCUT2D eigenvalue weighted by molar-refractivity contribution is -0.123. The molecule has 0 aliphatic carbocycles. The van der Waals surface area contributed by atoms with Crippen molar-refractivity contribution < 1.29 is 14.6 Å². The number of primary amides is 1. The van der Waals surface area contributed by atoms with Crippen LogP contribution < -0.4 is 10.5 Å². The van der Waals surface area contributed by atoms with Crippen molar-refractivity contribution in [2.24, 2.45) is 5.73 Å². The first kappa shape index (κ1) is 21.1. The molecular weight excluding hydrogens is 362 g/mol. The van der Waals surface area contributed by atoms with Crippen molar-refractivity contribution in [2.45, 2.75) is 59.0 Å². The Balaban J connectivity index is 2.42. The van der Waals surface area contributed by atoms with E-state index in [2.05, 4.69) is 27.7 Å². The van der Waals surface area contributed by atoms with Crippen molar-refractivity contribution in [3.8, 4) is 11.5 Å². The highest BCUT2D eigenvalue weighted by Crippen LogP contribution is 2.35. The Morgan fingerprint density at radius 2 is 1.70 bits per heavy atom. The molecule has 0 spiro atoms. The van der Waals surface area contributed by atoms with Gasteiger partial charge < -0.3 is 15.6 Å². The molecule has 2 aromatic rings. The van der Waals surface area contributed by atoms with E-state index in [1.807, 2.05) is 18.2 Å². The second kappa shape index (κ2) is 8.66. The summed E-state index contributed by atoms with van der Waals surface area (Å²) in [5, 5.41) is 10.6. The van der Waals surface area contributed by atoms with Gasteiger partial charge in [-0.05, 0) is 65.6 Å². The molecule has 0 radical (unpaired) electrons. The number of aromatic hydroxyl groups is 1. The van der Waals surface area contributed by atoms with Crippen LogP contribution in [0.3, 0.4) is 0 Å². The van der Waals surface area contributed by atoms with Gasteiger partial charge in [0.15, 0.2) is 6.10 Å². The topological polar surface area (TPSA) is 72.6 Å². The summed E-state index contributed by atoms with van der Waals surface area (Å²) in [7, 11) is 0. The third-order valence-electron chi connectivity index (χ3n) is 4.63. The summed E-state index contributed by atoms with van der Waals surface area (Å²) in [5.41, 5.74) is 9.37. The Kier molecular flexibility index (Phi) is 6.77. The summed E-state index contributed by atoms with van der Waals surface area (Å²) in [5.74, 6) is 0.787. The van der Waals surface area contributed by atoms with Crippen LogP contribution >= 0.6 is 11.6 Å². The van der Waals surface area contributed by atoms with Crippen molar-refractivity contribution >= 4 is 17.5 Å². The molecule has 2 aromatic carbocycles. The lowest BCUT2D eigenvalue weighted by atomic mass is 9.91. The van der Waals surface area contributed by atoms with Crippen LogP contribution in [0.15, 0.2) is 30.3 Å².